The first-order valence-corrected chi connectivity index (χ1v) is 7.03. The second-order valence-electron chi connectivity index (χ2n) is 5.69. The minimum Gasteiger partial charge on any atom is -0.481 e. The van der Waals surface area contributed by atoms with E-state index in [1.807, 2.05) is 20.8 Å². The van der Waals surface area contributed by atoms with Crippen molar-refractivity contribution in [2.45, 2.75) is 59.5 Å². The molecule has 1 unspecified atom stereocenters. The Hall–Kier alpha value is -1.43. The highest BCUT2D eigenvalue weighted by molar-refractivity contribution is 5.67. The third-order valence-corrected chi connectivity index (χ3v) is 2.95. The van der Waals surface area contributed by atoms with Crippen LogP contribution in [-0.2, 0) is 16.0 Å². The van der Waals surface area contributed by atoms with Crippen molar-refractivity contribution < 1.29 is 19.2 Å². The van der Waals surface area contributed by atoms with Crippen molar-refractivity contribution in [2.75, 3.05) is 6.61 Å². The molecule has 0 radical (unpaired) electrons. The molecule has 20 heavy (non-hydrogen) atoms. The molecule has 0 spiro atoms. The summed E-state index contributed by atoms with van der Waals surface area (Å²) in [5, 5.41) is 12.8. The lowest BCUT2D eigenvalue weighted by atomic mass is 9.86. The molecule has 1 rings (SSSR count). The van der Waals surface area contributed by atoms with E-state index in [4.69, 9.17) is 14.4 Å². The summed E-state index contributed by atoms with van der Waals surface area (Å²) in [5.41, 5.74) is -0.415. The minimum absolute atomic E-state index is 0.0640. The van der Waals surface area contributed by atoms with E-state index in [1.165, 1.54) is 0 Å². The first kappa shape index (κ1) is 16.6. The van der Waals surface area contributed by atoms with Gasteiger partial charge in [0.2, 0.25) is 11.7 Å². The molecule has 0 saturated carbocycles. The van der Waals surface area contributed by atoms with Crippen molar-refractivity contribution >= 4 is 5.97 Å². The van der Waals surface area contributed by atoms with Crippen LogP contribution >= 0.6 is 0 Å². The SMILES string of the molecule is CCCC(OCC)c1noc(CC(C)(C)CC(=O)O)n1. The van der Waals surface area contributed by atoms with Crippen LogP contribution in [0, 0.1) is 5.41 Å². The van der Waals surface area contributed by atoms with Gasteiger partial charge in [-0.05, 0) is 18.8 Å². The molecule has 6 heteroatoms. The Labute approximate surface area is 119 Å². The molecule has 0 aromatic carbocycles. The fraction of sp³-hybridized carbons (Fsp3) is 0.786. The largest absolute Gasteiger partial charge is 0.481 e. The topological polar surface area (TPSA) is 85.5 Å². The smallest absolute Gasteiger partial charge is 0.303 e. The minimum atomic E-state index is -0.826. The third-order valence-electron chi connectivity index (χ3n) is 2.95. The van der Waals surface area contributed by atoms with E-state index < -0.39 is 11.4 Å². The Morgan fingerprint density at radius 3 is 2.70 bits per heavy atom. The van der Waals surface area contributed by atoms with Gasteiger partial charge < -0.3 is 14.4 Å². The summed E-state index contributed by atoms with van der Waals surface area (Å²) in [6, 6.07) is 0. The highest BCUT2D eigenvalue weighted by Crippen LogP contribution is 2.27. The molecule has 0 amide bonds. The number of ether oxygens (including phenoxy) is 1. The Bertz CT molecular complexity index is 423. The Morgan fingerprint density at radius 2 is 2.15 bits per heavy atom. The standard InChI is InChI=1S/C14H24N2O4/c1-5-7-10(19-6-2)13-15-11(20-16-13)8-14(3,4)9-12(17)18/h10H,5-9H2,1-4H3,(H,17,18). The summed E-state index contributed by atoms with van der Waals surface area (Å²) in [5.74, 6) is 0.190. The van der Waals surface area contributed by atoms with E-state index in [0.717, 1.165) is 12.8 Å². The highest BCUT2D eigenvalue weighted by Gasteiger charge is 2.26. The molecule has 1 atom stereocenters. The van der Waals surface area contributed by atoms with E-state index in [0.29, 0.717) is 24.7 Å². The van der Waals surface area contributed by atoms with Crippen LogP contribution < -0.4 is 0 Å². The van der Waals surface area contributed by atoms with Crippen molar-refractivity contribution in [3.05, 3.63) is 11.7 Å². The van der Waals surface area contributed by atoms with Crippen LogP contribution in [0.1, 0.15) is 64.8 Å². The third kappa shape index (κ3) is 5.28. The molecule has 1 heterocycles. The van der Waals surface area contributed by atoms with E-state index in [9.17, 15) is 4.79 Å². The molecular formula is C14H24N2O4. The lowest BCUT2D eigenvalue weighted by Crippen LogP contribution is -2.20. The number of hydrogen-bond acceptors (Lipinski definition) is 5. The van der Waals surface area contributed by atoms with Crippen molar-refractivity contribution in [2.24, 2.45) is 5.41 Å². The molecule has 114 valence electrons. The van der Waals surface area contributed by atoms with E-state index >= 15 is 0 Å². The maximum absolute atomic E-state index is 10.8. The van der Waals surface area contributed by atoms with Crippen LogP contribution in [0.2, 0.25) is 0 Å². The fourth-order valence-corrected chi connectivity index (χ4v) is 2.10. The number of rotatable bonds is 9. The van der Waals surface area contributed by atoms with Crippen LogP contribution in [-0.4, -0.2) is 27.8 Å². The summed E-state index contributed by atoms with van der Waals surface area (Å²) in [6.45, 7) is 8.34. The van der Waals surface area contributed by atoms with Crippen molar-refractivity contribution in [1.29, 1.82) is 0 Å². The quantitative estimate of drug-likeness (QED) is 0.750. The number of hydrogen-bond donors (Lipinski definition) is 1. The zero-order chi connectivity index (χ0) is 15.2. The molecular weight excluding hydrogens is 260 g/mol. The lowest BCUT2D eigenvalue weighted by Gasteiger charge is -2.19. The molecule has 6 nitrogen and oxygen atoms in total. The fourth-order valence-electron chi connectivity index (χ4n) is 2.10. The van der Waals surface area contributed by atoms with E-state index in [-0.39, 0.29) is 12.5 Å². The Kier molecular flexibility index (Phi) is 6.13. The van der Waals surface area contributed by atoms with Gasteiger partial charge in [-0.1, -0.05) is 32.3 Å². The number of nitrogens with zero attached hydrogens (tertiary/aromatic N) is 2. The Balaban J connectivity index is 2.72. The predicted octanol–water partition coefficient (Wildman–Crippen LogP) is 2.99. The monoisotopic (exact) mass is 284 g/mol. The van der Waals surface area contributed by atoms with E-state index in [1.54, 1.807) is 0 Å². The second-order valence-corrected chi connectivity index (χ2v) is 5.69. The molecule has 0 aliphatic heterocycles. The summed E-state index contributed by atoms with van der Waals surface area (Å²) in [4.78, 5) is 15.1. The first-order chi connectivity index (χ1) is 9.38. The van der Waals surface area contributed by atoms with Gasteiger partial charge in [0.1, 0.15) is 6.10 Å². The number of carboxylic acid groups (broad SMARTS) is 1. The van der Waals surface area contributed by atoms with Crippen molar-refractivity contribution in [1.82, 2.24) is 10.1 Å². The van der Waals surface area contributed by atoms with Crippen LogP contribution in [0.15, 0.2) is 4.52 Å². The number of carboxylic acids is 1. The van der Waals surface area contributed by atoms with Gasteiger partial charge in [-0.25, -0.2) is 0 Å². The van der Waals surface area contributed by atoms with Gasteiger partial charge in [0.25, 0.3) is 0 Å². The van der Waals surface area contributed by atoms with Gasteiger partial charge in [-0.15, -0.1) is 0 Å². The van der Waals surface area contributed by atoms with Gasteiger partial charge >= 0.3 is 5.97 Å². The maximum Gasteiger partial charge on any atom is 0.303 e. The average Bonchev–Trinajstić information content (AvgIpc) is 2.74. The zero-order valence-electron chi connectivity index (χ0n) is 12.7. The van der Waals surface area contributed by atoms with Crippen LogP contribution in [0.4, 0.5) is 0 Å². The highest BCUT2D eigenvalue weighted by atomic mass is 16.5. The summed E-state index contributed by atoms with van der Waals surface area (Å²) >= 11 is 0. The number of aliphatic carboxylic acids is 1. The van der Waals surface area contributed by atoms with Crippen molar-refractivity contribution in [3.8, 4) is 0 Å². The molecule has 0 aliphatic carbocycles. The molecule has 1 aromatic heterocycles. The molecule has 1 aromatic rings. The molecule has 0 fully saturated rings. The normalized spacial score (nSPS) is 13.4. The van der Waals surface area contributed by atoms with Crippen LogP contribution in [0.3, 0.4) is 0 Å². The second kappa shape index (κ2) is 7.38. The zero-order valence-corrected chi connectivity index (χ0v) is 12.7. The molecule has 0 saturated heterocycles. The van der Waals surface area contributed by atoms with Gasteiger partial charge in [0, 0.05) is 13.0 Å². The van der Waals surface area contributed by atoms with Gasteiger partial charge in [0.15, 0.2) is 0 Å². The van der Waals surface area contributed by atoms with Gasteiger partial charge in [-0.2, -0.15) is 4.98 Å². The number of aromatic nitrogens is 2. The molecule has 1 N–H and O–H groups in total. The van der Waals surface area contributed by atoms with Crippen molar-refractivity contribution in [3.63, 3.8) is 0 Å². The lowest BCUT2D eigenvalue weighted by molar-refractivity contribution is -0.139. The first-order valence-electron chi connectivity index (χ1n) is 7.03. The van der Waals surface area contributed by atoms with Gasteiger partial charge in [0.05, 0.1) is 6.42 Å². The molecule has 0 bridgehead atoms. The number of carbonyl (C=O) groups is 1. The van der Waals surface area contributed by atoms with E-state index in [2.05, 4.69) is 17.1 Å². The van der Waals surface area contributed by atoms with Gasteiger partial charge in [-0.3, -0.25) is 4.79 Å². The van der Waals surface area contributed by atoms with Crippen LogP contribution in [0.5, 0.6) is 0 Å². The maximum atomic E-state index is 10.8. The Morgan fingerprint density at radius 1 is 1.45 bits per heavy atom. The van der Waals surface area contributed by atoms with Crippen LogP contribution in [0.25, 0.3) is 0 Å². The summed E-state index contributed by atoms with van der Waals surface area (Å²) in [6.07, 6.45) is 2.17. The predicted molar refractivity (Wildman–Crippen MR) is 73.3 cm³/mol. The summed E-state index contributed by atoms with van der Waals surface area (Å²) in [7, 11) is 0. The molecule has 0 aliphatic rings. The average molecular weight is 284 g/mol. The summed E-state index contributed by atoms with van der Waals surface area (Å²) < 4.78 is 10.8.